The van der Waals surface area contributed by atoms with Crippen molar-refractivity contribution < 1.29 is 0 Å². The van der Waals surface area contributed by atoms with Gasteiger partial charge in [-0.2, -0.15) is 5.26 Å². The number of hydrogen-bond donors (Lipinski definition) is 1. The minimum atomic E-state index is -0.0917. The van der Waals surface area contributed by atoms with E-state index in [9.17, 15) is 4.79 Å². The monoisotopic (exact) mass is 197 g/mol. The smallest absolute Gasteiger partial charge is 0.190 e. The van der Waals surface area contributed by atoms with Crippen molar-refractivity contribution in [3.63, 3.8) is 0 Å². The van der Waals surface area contributed by atoms with Crippen LogP contribution in [0.15, 0.2) is 41.6 Å². The van der Waals surface area contributed by atoms with Crippen LogP contribution >= 0.6 is 0 Å². The van der Waals surface area contributed by atoms with Gasteiger partial charge in [0.05, 0.1) is 16.8 Å². The van der Waals surface area contributed by atoms with Gasteiger partial charge >= 0.3 is 0 Å². The zero-order valence-corrected chi connectivity index (χ0v) is 7.77. The van der Waals surface area contributed by atoms with Gasteiger partial charge in [0.2, 0.25) is 0 Å². The number of hydrogen-bond acceptors (Lipinski definition) is 3. The van der Waals surface area contributed by atoms with Gasteiger partial charge < -0.3 is 4.98 Å². The van der Waals surface area contributed by atoms with Crippen molar-refractivity contribution in [1.29, 1.82) is 5.26 Å². The number of nitrogens with zero attached hydrogens (tertiary/aromatic N) is 2. The lowest BCUT2D eigenvalue weighted by atomic mass is 10.1. The molecule has 2 aromatic rings. The van der Waals surface area contributed by atoms with Gasteiger partial charge in [-0.25, -0.2) is 0 Å². The molecule has 0 aliphatic heterocycles. The normalized spacial score (nSPS) is 9.53. The Kier molecular flexibility index (Phi) is 2.30. The highest BCUT2D eigenvalue weighted by Gasteiger charge is 2.02. The summed E-state index contributed by atoms with van der Waals surface area (Å²) in [5.41, 5.74) is 1.45. The zero-order valence-electron chi connectivity index (χ0n) is 7.77. The predicted molar refractivity (Wildman–Crippen MR) is 55.0 cm³/mol. The first kappa shape index (κ1) is 9.16. The summed E-state index contributed by atoms with van der Waals surface area (Å²) in [6.45, 7) is 0. The largest absolute Gasteiger partial charge is 0.367 e. The van der Waals surface area contributed by atoms with Crippen molar-refractivity contribution in [3.8, 4) is 17.3 Å². The SMILES string of the molecule is N#Cc1ccc(-c2c[nH]ccc2=O)nc1. The molecule has 0 radical (unpaired) electrons. The number of rotatable bonds is 1. The van der Waals surface area contributed by atoms with E-state index >= 15 is 0 Å². The molecule has 2 aromatic heterocycles. The van der Waals surface area contributed by atoms with Crippen LogP contribution in [-0.2, 0) is 0 Å². The van der Waals surface area contributed by atoms with Gasteiger partial charge in [0.25, 0.3) is 0 Å². The van der Waals surface area contributed by atoms with Gasteiger partial charge in [-0.3, -0.25) is 9.78 Å². The van der Waals surface area contributed by atoms with Gasteiger partial charge in [-0.15, -0.1) is 0 Å². The third-order valence-corrected chi connectivity index (χ3v) is 1.99. The molecule has 0 aliphatic rings. The fourth-order valence-electron chi connectivity index (χ4n) is 1.24. The van der Waals surface area contributed by atoms with Crippen molar-refractivity contribution in [2.24, 2.45) is 0 Å². The first-order valence-electron chi connectivity index (χ1n) is 4.35. The second-order valence-electron chi connectivity index (χ2n) is 2.97. The summed E-state index contributed by atoms with van der Waals surface area (Å²) in [6, 6.07) is 6.70. The lowest BCUT2D eigenvalue weighted by molar-refractivity contribution is 1.25. The highest BCUT2D eigenvalue weighted by atomic mass is 16.1. The van der Waals surface area contributed by atoms with E-state index in [-0.39, 0.29) is 5.43 Å². The molecule has 15 heavy (non-hydrogen) atoms. The Labute approximate surface area is 85.8 Å². The summed E-state index contributed by atoms with van der Waals surface area (Å²) in [5, 5.41) is 8.60. The molecule has 72 valence electrons. The second-order valence-corrected chi connectivity index (χ2v) is 2.97. The third-order valence-electron chi connectivity index (χ3n) is 1.99. The number of nitriles is 1. The zero-order chi connectivity index (χ0) is 10.7. The maximum atomic E-state index is 11.4. The van der Waals surface area contributed by atoms with Crippen molar-refractivity contribution in [2.75, 3.05) is 0 Å². The molecule has 0 unspecified atom stereocenters. The third kappa shape index (κ3) is 1.76. The summed E-state index contributed by atoms with van der Waals surface area (Å²) >= 11 is 0. The Morgan fingerprint density at radius 2 is 2.20 bits per heavy atom. The van der Waals surface area contributed by atoms with Gasteiger partial charge in [-0.1, -0.05) is 0 Å². The Bertz CT molecular complexity index is 563. The number of H-pyrrole nitrogens is 1. The summed E-state index contributed by atoms with van der Waals surface area (Å²) in [7, 11) is 0. The van der Waals surface area contributed by atoms with Crippen LogP contribution in [0.25, 0.3) is 11.3 Å². The highest BCUT2D eigenvalue weighted by Crippen LogP contribution is 2.10. The Hall–Kier alpha value is -2.41. The van der Waals surface area contributed by atoms with E-state index in [1.54, 1.807) is 24.5 Å². The topological polar surface area (TPSA) is 69.5 Å². The molecule has 2 rings (SSSR count). The fourth-order valence-corrected chi connectivity index (χ4v) is 1.24. The number of pyridine rings is 2. The van der Waals surface area contributed by atoms with Crippen molar-refractivity contribution in [3.05, 3.63) is 52.6 Å². The molecule has 0 spiro atoms. The predicted octanol–water partition coefficient (Wildman–Crippen LogP) is 1.31. The summed E-state index contributed by atoms with van der Waals surface area (Å²) in [6.07, 6.45) is 4.61. The quantitative estimate of drug-likeness (QED) is 0.749. The van der Waals surface area contributed by atoms with E-state index in [0.29, 0.717) is 16.8 Å². The average molecular weight is 197 g/mol. The van der Waals surface area contributed by atoms with Crippen LogP contribution in [0.4, 0.5) is 0 Å². The van der Waals surface area contributed by atoms with E-state index in [0.717, 1.165) is 0 Å². The van der Waals surface area contributed by atoms with Crippen LogP contribution in [-0.4, -0.2) is 9.97 Å². The molecule has 0 saturated carbocycles. The van der Waals surface area contributed by atoms with Crippen LogP contribution in [0, 0.1) is 11.3 Å². The first-order chi connectivity index (χ1) is 7.31. The van der Waals surface area contributed by atoms with Crippen molar-refractivity contribution in [1.82, 2.24) is 9.97 Å². The molecule has 4 nitrogen and oxygen atoms in total. The highest BCUT2D eigenvalue weighted by molar-refractivity contribution is 5.57. The standard InChI is InChI=1S/C11H7N3O/c12-5-8-1-2-10(14-6-8)9-7-13-4-3-11(9)15/h1-4,6-7H,(H,13,15). The van der Waals surface area contributed by atoms with Crippen LogP contribution < -0.4 is 5.43 Å². The number of aromatic amines is 1. The summed E-state index contributed by atoms with van der Waals surface area (Å²) in [5.74, 6) is 0. The van der Waals surface area contributed by atoms with Gasteiger partial charge in [-0.05, 0) is 12.1 Å². The molecule has 4 heteroatoms. The average Bonchev–Trinajstić information content (AvgIpc) is 2.30. The molecule has 0 atom stereocenters. The molecule has 0 saturated heterocycles. The Morgan fingerprint density at radius 1 is 1.33 bits per heavy atom. The molecule has 0 aliphatic carbocycles. The second kappa shape index (κ2) is 3.76. The maximum absolute atomic E-state index is 11.4. The molecule has 2 heterocycles. The molecule has 0 aromatic carbocycles. The molecular formula is C11H7N3O. The fraction of sp³-hybridized carbons (Fsp3) is 0. The molecule has 0 bridgehead atoms. The first-order valence-corrected chi connectivity index (χ1v) is 4.35. The molecular weight excluding hydrogens is 190 g/mol. The Balaban J connectivity index is 2.52. The minimum Gasteiger partial charge on any atom is -0.367 e. The minimum absolute atomic E-state index is 0.0917. The van der Waals surface area contributed by atoms with Crippen LogP contribution in [0.5, 0.6) is 0 Å². The van der Waals surface area contributed by atoms with Crippen LogP contribution in [0.3, 0.4) is 0 Å². The van der Waals surface area contributed by atoms with E-state index in [4.69, 9.17) is 5.26 Å². The van der Waals surface area contributed by atoms with Gasteiger partial charge in [0.1, 0.15) is 6.07 Å². The lowest BCUT2D eigenvalue weighted by Gasteiger charge is -1.98. The number of nitrogens with one attached hydrogen (secondary N) is 1. The van der Waals surface area contributed by atoms with Crippen molar-refractivity contribution in [2.45, 2.75) is 0 Å². The Morgan fingerprint density at radius 3 is 2.80 bits per heavy atom. The molecule has 1 N–H and O–H groups in total. The maximum Gasteiger partial charge on any atom is 0.190 e. The summed E-state index contributed by atoms with van der Waals surface area (Å²) in [4.78, 5) is 18.3. The van der Waals surface area contributed by atoms with Crippen LogP contribution in [0.2, 0.25) is 0 Å². The summed E-state index contributed by atoms with van der Waals surface area (Å²) < 4.78 is 0. The van der Waals surface area contributed by atoms with E-state index in [1.807, 2.05) is 6.07 Å². The van der Waals surface area contributed by atoms with Gasteiger partial charge in [0, 0.05) is 24.7 Å². The van der Waals surface area contributed by atoms with E-state index in [2.05, 4.69) is 9.97 Å². The van der Waals surface area contributed by atoms with Crippen molar-refractivity contribution >= 4 is 0 Å². The van der Waals surface area contributed by atoms with E-state index < -0.39 is 0 Å². The molecule has 0 amide bonds. The van der Waals surface area contributed by atoms with Crippen LogP contribution in [0.1, 0.15) is 5.56 Å². The lowest BCUT2D eigenvalue weighted by Crippen LogP contribution is -2.03. The van der Waals surface area contributed by atoms with E-state index in [1.165, 1.54) is 12.3 Å². The van der Waals surface area contributed by atoms with Gasteiger partial charge in [0.15, 0.2) is 5.43 Å². The molecule has 0 fully saturated rings. The number of aromatic nitrogens is 2.